The molecule has 0 bridgehead atoms. The fourth-order valence-corrected chi connectivity index (χ4v) is 2.34. The van der Waals surface area contributed by atoms with E-state index in [1.807, 2.05) is 13.3 Å². The first-order chi connectivity index (χ1) is 8.20. The summed E-state index contributed by atoms with van der Waals surface area (Å²) in [5.74, 6) is 0. The molecule has 0 radical (unpaired) electrons. The van der Waals surface area contributed by atoms with E-state index < -0.39 is 0 Å². The minimum absolute atomic E-state index is 0.708. The topological polar surface area (TPSA) is 43.6 Å². The second kappa shape index (κ2) is 3.70. The fraction of sp³-hybridized carbons (Fsp3) is 0.250. The summed E-state index contributed by atoms with van der Waals surface area (Å²) >= 11 is 1.51. The van der Waals surface area contributed by atoms with Gasteiger partial charge in [-0.2, -0.15) is 0 Å². The third-order valence-corrected chi connectivity index (χ3v) is 3.46. The van der Waals surface area contributed by atoms with Crippen LogP contribution in [-0.4, -0.2) is 26.0 Å². The van der Waals surface area contributed by atoms with Crippen molar-refractivity contribution in [2.45, 2.75) is 12.1 Å². The summed E-state index contributed by atoms with van der Waals surface area (Å²) in [4.78, 5) is 4.51. The smallest absolute Gasteiger partial charge is 0.210 e. The fourth-order valence-electron chi connectivity index (χ4n) is 2.04. The molecule has 0 aliphatic heterocycles. The molecule has 0 unspecified atom stereocenters. The van der Waals surface area contributed by atoms with E-state index in [1.54, 1.807) is 0 Å². The van der Waals surface area contributed by atoms with Gasteiger partial charge < -0.3 is 4.57 Å². The summed E-state index contributed by atoms with van der Waals surface area (Å²) in [5, 5.41) is 10.2. The Hall–Kier alpha value is -1.62. The molecule has 0 atom stereocenters. The van der Waals surface area contributed by atoms with E-state index in [-0.39, 0.29) is 0 Å². The Morgan fingerprint density at radius 2 is 2.06 bits per heavy atom. The molecular formula is C12H12N4S. The maximum absolute atomic E-state index is 4.51. The lowest BCUT2D eigenvalue weighted by Gasteiger charge is -1.97. The Morgan fingerprint density at radius 3 is 2.82 bits per heavy atom. The number of aryl methyl sites for hydroxylation is 2. The predicted octanol–water partition coefficient (Wildman–Crippen LogP) is 2.55. The van der Waals surface area contributed by atoms with E-state index in [0.717, 1.165) is 22.1 Å². The molecule has 0 fully saturated rings. The molecule has 2 aromatic heterocycles. The molecule has 0 spiro atoms. The van der Waals surface area contributed by atoms with Crippen molar-refractivity contribution >= 4 is 33.8 Å². The van der Waals surface area contributed by atoms with Crippen LogP contribution in [-0.2, 0) is 7.05 Å². The highest BCUT2D eigenvalue weighted by molar-refractivity contribution is 7.98. The molecule has 3 aromatic rings. The predicted molar refractivity (Wildman–Crippen MR) is 70.3 cm³/mol. The van der Waals surface area contributed by atoms with Crippen molar-refractivity contribution in [3.63, 3.8) is 0 Å². The second-order valence-corrected chi connectivity index (χ2v) is 4.82. The molecule has 17 heavy (non-hydrogen) atoms. The van der Waals surface area contributed by atoms with Crippen molar-refractivity contribution in [1.29, 1.82) is 0 Å². The number of hydrogen-bond donors (Lipinski definition) is 0. The molecule has 4 nitrogen and oxygen atoms in total. The van der Waals surface area contributed by atoms with Crippen LogP contribution in [0.4, 0.5) is 0 Å². The molecule has 0 amide bonds. The van der Waals surface area contributed by atoms with Gasteiger partial charge in [0.15, 0.2) is 5.65 Å². The van der Waals surface area contributed by atoms with E-state index >= 15 is 0 Å². The van der Waals surface area contributed by atoms with Gasteiger partial charge in [0.25, 0.3) is 0 Å². The van der Waals surface area contributed by atoms with Gasteiger partial charge in [-0.05, 0) is 25.3 Å². The number of hydrogen-bond acceptors (Lipinski definition) is 4. The van der Waals surface area contributed by atoms with Crippen molar-refractivity contribution in [1.82, 2.24) is 19.7 Å². The zero-order chi connectivity index (χ0) is 12.0. The molecule has 0 N–H and O–H groups in total. The Labute approximate surface area is 103 Å². The number of nitrogens with zero attached hydrogens (tertiary/aromatic N) is 4. The standard InChI is InChI=1S/C12H12N4S/c1-7-4-5-9-8(6-7)10-11(16(9)2)13-12(17-3)15-14-10/h4-6H,1-3H3. The van der Waals surface area contributed by atoms with Crippen molar-refractivity contribution in [2.75, 3.05) is 6.26 Å². The molecule has 0 aliphatic carbocycles. The zero-order valence-electron chi connectivity index (χ0n) is 9.93. The SMILES string of the molecule is CSc1nnc2c3cc(C)ccc3n(C)c2n1. The third kappa shape index (κ3) is 1.50. The second-order valence-electron chi connectivity index (χ2n) is 4.05. The van der Waals surface area contributed by atoms with Gasteiger partial charge in [0.05, 0.1) is 5.52 Å². The van der Waals surface area contributed by atoms with Crippen LogP contribution in [0, 0.1) is 6.92 Å². The summed E-state index contributed by atoms with van der Waals surface area (Å²) in [6, 6.07) is 6.34. The van der Waals surface area contributed by atoms with Crippen LogP contribution in [0.2, 0.25) is 0 Å². The van der Waals surface area contributed by atoms with E-state index in [2.05, 4.69) is 44.9 Å². The summed E-state index contributed by atoms with van der Waals surface area (Å²) < 4.78 is 2.07. The van der Waals surface area contributed by atoms with E-state index in [4.69, 9.17) is 0 Å². The molecule has 86 valence electrons. The normalized spacial score (nSPS) is 11.5. The monoisotopic (exact) mass is 244 g/mol. The minimum Gasteiger partial charge on any atom is -0.327 e. The van der Waals surface area contributed by atoms with E-state index in [1.165, 1.54) is 17.3 Å². The molecule has 0 aliphatic rings. The highest BCUT2D eigenvalue weighted by atomic mass is 32.2. The van der Waals surface area contributed by atoms with Gasteiger partial charge in [0, 0.05) is 12.4 Å². The Kier molecular flexibility index (Phi) is 2.29. The van der Waals surface area contributed by atoms with Crippen LogP contribution < -0.4 is 0 Å². The quantitative estimate of drug-likeness (QED) is 0.617. The van der Waals surface area contributed by atoms with Crippen LogP contribution in [0.25, 0.3) is 22.1 Å². The third-order valence-electron chi connectivity index (χ3n) is 2.92. The van der Waals surface area contributed by atoms with Crippen molar-refractivity contribution < 1.29 is 0 Å². The first-order valence-electron chi connectivity index (χ1n) is 5.34. The maximum Gasteiger partial charge on any atom is 0.210 e. The number of aromatic nitrogens is 4. The van der Waals surface area contributed by atoms with Gasteiger partial charge in [-0.3, -0.25) is 0 Å². The maximum atomic E-state index is 4.51. The molecule has 3 rings (SSSR count). The average molecular weight is 244 g/mol. The van der Waals surface area contributed by atoms with Gasteiger partial charge in [0.1, 0.15) is 5.52 Å². The Bertz CT molecular complexity index is 717. The van der Waals surface area contributed by atoms with Crippen molar-refractivity contribution in [3.8, 4) is 0 Å². The largest absolute Gasteiger partial charge is 0.327 e. The highest BCUT2D eigenvalue weighted by Crippen LogP contribution is 2.26. The Balaban J connectivity index is 2.49. The lowest BCUT2D eigenvalue weighted by Crippen LogP contribution is -1.94. The van der Waals surface area contributed by atoms with Crippen LogP contribution in [0.3, 0.4) is 0 Å². The van der Waals surface area contributed by atoms with Crippen LogP contribution in [0.5, 0.6) is 0 Å². The molecular weight excluding hydrogens is 232 g/mol. The zero-order valence-corrected chi connectivity index (χ0v) is 10.7. The number of rotatable bonds is 1. The first-order valence-corrected chi connectivity index (χ1v) is 6.56. The number of fused-ring (bicyclic) bond motifs is 3. The number of thioether (sulfide) groups is 1. The molecule has 1 aromatic carbocycles. The summed E-state index contributed by atoms with van der Waals surface area (Å²) in [5.41, 5.74) is 4.14. The molecule has 5 heteroatoms. The van der Waals surface area contributed by atoms with Crippen LogP contribution in [0.15, 0.2) is 23.4 Å². The minimum atomic E-state index is 0.708. The summed E-state index contributed by atoms with van der Waals surface area (Å²) in [6.45, 7) is 2.08. The average Bonchev–Trinajstić information content (AvgIpc) is 2.62. The van der Waals surface area contributed by atoms with E-state index in [9.17, 15) is 0 Å². The lowest BCUT2D eigenvalue weighted by molar-refractivity contribution is 0.857. The van der Waals surface area contributed by atoms with Gasteiger partial charge in [-0.25, -0.2) is 4.98 Å². The lowest BCUT2D eigenvalue weighted by atomic mass is 10.2. The molecule has 2 heterocycles. The highest BCUT2D eigenvalue weighted by Gasteiger charge is 2.12. The first kappa shape index (κ1) is 10.5. The molecule has 0 saturated carbocycles. The van der Waals surface area contributed by atoms with Crippen LogP contribution >= 0.6 is 11.8 Å². The van der Waals surface area contributed by atoms with Gasteiger partial charge in [-0.1, -0.05) is 23.4 Å². The van der Waals surface area contributed by atoms with Gasteiger partial charge >= 0.3 is 0 Å². The van der Waals surface area contributed by atoms with Crippen molar-refractivity contribution in [2.24, 2.45) is 7.05 Å². The van der Waals surface area contributed by atoms with E-state index in [0.29, 0.717) is 5.16 Å². The van der Waals surface area contributed by atoms with Gasteiger partial charge in [-0.15, -0.1) is 10.2 Å². The Morgan fingerprint density at radius 1 is 1.24 bits per heavy atom. The van der Waals surface area contributed by atoms with Crippen LogP contribution in [0.1, 0.15) is 5.56 Å². The summed E-state index contributed by atoms with van der Waals surface area (Å²) in [6.07, 6.45) is 1.95. The van der Waals surface area contributed by atoms with Gasteiger partial charge in [0.2, 0.25) is 5.16 Å². The summed E-state index contributed by atoms with van der Waals surface area (Å²) in [7, 11) is 2.01. The number of benzene rings is 1. The van der Waals surface area contributed by atoms with Crippen molar-refractivity contribution in [3.05, 3.63) is 23.8 Å². The molecule has 0 saturated heterocycles.